The molecule has 0 bridgehead atoms. The van der Waals surface area contributed by atoms with Crippen LogP contribution in [0.3, 0.4) is 0 Å². The van der Waals surface area contributed by atoms with Crippen LogP contribution in [0.25, 0.3) is 0 Å². The molecule has 0 spiro atoms. The van der Waals surface area contributed by atoms with Crippen LogP contribution in [-0.4, -0.2) is 23.6 Å². The van der Waals surface area contributed by atoms with Crippen molar-refractivity contribution in [3.63, 3.8) is 0 Å². The Hall–Kier alpha value is -2.74. The smallest absolute Gasteiger partial charge is 0.420 e. The molecule has 0 unspecified atom stereocenters. The average molecular weight is 405 g/mol. The Morgan fingerprint density at radius 1 is 1.07 bits per heavy atom. The first-order valence-corrected chi connectivity index (χ1v) is 9.34. The highest BCUT2D eigenvalue weighted by Gasteiger charge is 2.35. The van der Waals surface area contributed by atoms with Crippen LogP contribution in [0.15, 0.2) is 70.7 Å². The number of benzene rings is 2. The van der Waals surface area contributed by atoms with Crippen LogP contribution >= 0.6 is 11.8 Å². The van der Waals surface area contributed by atoms with E-state index in [-0.39, 0.29) is 11.0 Å². The standard InChI is InChI=1S/C20H18F3N3OS/c1-3-27-15-9-7-8-14(12-15)26(2)19-24-13-17(20(21,22)23)18(25-19)28-16-10-5-4-6-11-16/h4-13H,3H2,1-2H3. The van der Waals surface area contributed by atoms with E-state index >= 15 is 0 Å². The third-order valence-corrected chi connectivity index (χ3v) is 4.83. The maximum absolute atomic E-state index is 13.4. The summed E-state index contributed by atoms with van der Waals surface area (Å²) in [5, 5.41) is -0.142. The molecule has 0 amide bonds. The lowest BCUT2D eigenvalue weighted by atomic mass is 10.3. The van der Waals surface area contributed by atoms with Gasteiger partial charge in [-0.3, -0.25) is 0 Å². The number of ether oxygens (including phenoxy) is 1. The van der Waals surface area contributed by atoms with Gasteiger partial charge < -0.3 is 9.64 Å². The van der Waals surface area contributed by atoms with Gasteiger partial charge in [-0.15, -0.1) is 0 Å². The highest BCUT2D eigenvalue weighted by Crippen LogP contribution is 2.39. The molecular weight excluding hydrogens is 387 g/mol. The van der Waals surface area contributed by atoms with Crippen LogP contribution in [0.4, 0.5) is 24.8 Å². The predicted octanol–water partition coefficient (Wildman–Crippen LogP) is 5.81. The average Bonchev–Trinajstić information content (AvgIpc) is 2.68. The molecule has 8 heteroatoms. The first-order valence-electron chi connectivity index (χ1n) is 8.52. The molecule has 0 saturated heterocycles. The number of aromatic nitrogens is 2. The molecule has 0 aliphatic carbocycles. The third kappa shape index (κ3) is 4.75. The number of rotatable bonds is 6. The van der Waals surface area contributed by atoms with E-state index < -0.39 is 11.7 Å². The molecule has 1 aromatic heterocycles. The summed E-state index contributed by atoms with van der Waals surface area (Å²) in [6, 6.07) is 16.0. The van der Waals surface area contributed by atoms with Crippen LogP contribution in [0.5, 0.6) is 5.75 Å². The molecule has 0 aliphatic rings. The zero-order valence-electron chi connectivity index (χ0n) is 15.3. The normalized spacial score (nSPS) is 11.3. The molecule has 3 rings (SSSR count). The summed E-state index contributed by atoms with van der Waals surface area (Å²) >= 11 is 0.957. The van der Waals surface area contributed by atoms with Gasteiger partial charge in [-0.25, -0.2) is 9.97 Å². The number of alkyl halides is 3. The second kappa shape index (κ2) is 8.52. The van der Waals surface area contributed by atoms with Crippen LogP contribution in [0.1, 0.15) is 12.5 Å². The van der Waals surface area contributed by atoms with Crippen molar-refractivity contribution in [3.8, 4) is 5.75 Å². The van der Waals surface area contributed by atoms with Crippen molar-refractivity contribution in [1.82, 2.24) is 9.97 Å². The summed E-state index contributed by atoms with van der Waals surface area (Å²) < 4.78 is 45.7. The maximum Gasteiger partial charge on any atom is 0.420 e. The first kappa shape index (κ1) is 20.0. The van der Waals surface area contributed by atoms with Crippen molar-refractivity contribution in [1.29, 1.82) is 0 Å². The SMILES string of the molecule is CCOc1cccc(N(C)c2ncc(C(F)(F)F)c(Sc3ccccc3)n2)c1. The second-order valence-corrected chi connectivity index (χ2v) is 6.85. The summed E-state index contributed by atoms with van der Waals surface area (Å²) in [6.07, 6.45) is -3.71. The molecule has 1 heterocycles. The van der Waals surface area contributed by atoms with E-state index in [0.29, 0.717) is 22.9 Å². The van der Waals surface area contributed by atoms with E-state index in [0.717, 1.165) is 18.0 Å². The van der Waals surface area contributed by atoms with Gasteiger partial charge in [0.05, 0.1) is 6.61 Å². The molecule has 146 valence electrons. The topological polar surface area (TPSA) is 38.2 Å². The molecule has 4 nitrogen and oxygen atoms in total. The van der Waals surface area contributed by atoms with Crippen molar-refractivity contribution in [2.45, 2.75) is 23.0 Å². The fourth-order valence-electron chi connectivity index (χ4n) is 2.46. The summed E-state index contributed by atoms with van der Waals surface area (Å²) in [4.78, 5) is 10.4. The van der Waals surface area contributed by atoms with Gasteiger partial charge >= 0.3 is 6.18 Å². The van der Waals surface area contributed by atoms with Crippen LogP contribution in [-0.2, 0) is 6.18 Å². The molecule has 0 aliphatic heterocycles. The third-order valence-electron chi connectivity index (χ3n) is 3.82. The molecule has 2 aromatic carbocycles. The monoisotopic (exact) mass is 405 g/mol. The zero-order valence-corrected chi connectivity index (χ0v) is 16.1. The van der Waals surface area contributed by atoms with Gasteiger partial charge in [-0.1, -0.05) is 36.0 Å². The van der Waals surface area contributed by atoms with Gasteiger partial charge in [-0.05, 0) is 31.2 Å². The second-order valence-electron chi connectivity index (χ2n) is 5.79. The Labute approximate surface area is 165 Å². The van der Waals surface area contributed by atoms with Crippen molar-refractivity contribution >= 4 is 23.4 Å². The van der Waals surface area contributed by atoms with Gasteiger partial charge in [0.15, 0.2) is 0 Å². The number of anilines is 2. The Bertz CT molecular complexity index is 935. The minimum atomic E-state index is -4.54. The highest BCUT2D eigenvalue weighted by atomic mass is 32.2. The van der Waals surface area contributed by atoms with Crippen LogP contribution in [0.2, 0.25) is 0 Å². The number of hydrogen-bond donors (Lipinski definition) is 0. The largest absolute Gasteiger partial charge is 0.494 e. The minimum absolute atomic E-state index is 0.142. The van der Waals surface area contributed by atoms with E-state index in [1.165, 1.54) is 0 Å². The first-order chi connectivity index (χ1) is 13.4. The molecular formula is C20H18F3N3OS. The quantitative estimate of drug-likeness (QED) is 0.484. The molecule has 0 atom stereocenters. The summed E-state index contributed by atoms with van der Waals surface area (Å²) in [5.41, 5.74) is -0.150. The van der Waals surface area contributed by atoms with E-state index in [1.54, 1.807) is 54.4 Å². The molecule has 0 saturated carbocycles. The Balaban J connectivity index is 1.98. The molecule has 0 fully saturated rings. The van der Waals surface area contributed by atoms with Gasteiger partial charge in [0.1, 0.15) is 16.3 Å². The zero-order chi connectivity index (χ0) is 20.1. The number of nitrogens with zero attached hydrogens (tertiary/aromatic N) is 3. The number of hydrogen-bond acceptors (Lipinski definition) is 5. The lowest BCUT2D eigenvalue weighted by Gasteiger charge is -2.20. The Morgan fingerprint density at radius 2 is 1.82 bits per heavy atom. The maximum atomic E-state index is 13.4. The molecule has 3 aromatic rings. The summed E-state index contributed by atoms with van der Waals surface area (Å²) in [7, 11) is 1.70. The van der Waals surface area contributed by atoms with Crippen molar-refractivity contribution < 1.29 is 17.9 Å². The lowest BCUT2D eigenvalue weighted by molar-refractivity contribution is -0.140. The van der Waals surface area contributed by atoms with E-state index in [1.807, 2.05) is 19.1 Å². The van der Waals surface area contributed by atoms with E-state index in [4.69, 9.17) is 4.74 Å². The fourth-order valence-corrected chi connectivity index (χ4v) is 3.38. The lowest BCUT2D eigenvalue weighted by Crippen LogP contribution is -2.16. The molecule has 0 radical (unpaired) electrons. The Kier molecular flexibility index (Phi) is 6.08. The summed E-state index contributed by atoms with van der Waals surface area (Å²) in [6.45, 7) is 2.39. The fraction of sp³-hybridized carbons (Fsp3) is 0.200. The minimum Gasteiger partial charge on any atom is -0.494 e. The molecule has 0 N–H and O–H groups in total. The van der Waals surface area contributed by atoms with Crippen molar-refractivity contribution in [3.05, 3.63) is 66.4 Å². The Morgan fingerprint density at radius 3 is 2.50 bits per heavy atom. The predicted molar refractivity (Wildman–Crippen MR) is 103 cm³/mol. The van der Waals surface area contributed by atoms with E-state index in [2.05, 4.69) is 9.97 Å². The summed E-state index contributed by atoms with van der Waals surface area (Å²) in [5.74, 6) is 0.831. The van der Waals surface area contributed by atoms with E-state index in [9.17, 15) is 13.2 Å². The highest BCUT2D eigenvalue weighted by molar-refractivity contribution is 7.99. The van der Waals surface area contributed by atoms with Crippen molar-refractivity contribution in [2.24, 2.45) is 0 Å². The number of halogens is 3. The van der Waals surface area contributed by atoms with Crippen LogP contribution < -0.4 is 9.64 Å². The van der Waals surface area contributed by atoms with Crippen molar-refractivity contribution in [2.75, 3.05) is 18.6 Å². The van der Waals surface area contributed by atoms with Gasteiger partial charge in [0, 0.05) is 29.9 Å². The van der Waals surface area contributed by atoms with Gasteiger partial charge in [0.2, 0.25) is 5.95 Å². The van der Waals surface area contributed by atoms with Crippen LogP contribution in [0, 0.1) is 0 Å². The van der Waals surface area contributed by atoms with Gasteiger partial charge in [-0.2, -0.15) is 13.2 Å². The van der Waals surface area contributed by atoms with Gasteiger partial charge in [0.25, 0.3) is 0 Å². The molecule has 28 heavy (non-hydrogen) atoms.